The molecule has 4 rings (SSSR count). The normalized spacial score (nSPS) is 21.5. The van der Waals surface area contributed by atoms with Crippen LogP contribution in [0.25, 0.3) is 0 Å². The zero-order chi connectivity index (χ0) is 21.3. The van der Waals surface area contributed by atoms with Crippen LogP contribution in [0.15, 0.2) is 53.7 Å². The van der Waals surface area contributed by atoms with Gasteiger partial charge in [0.25, 0.3) is 0 Å². The van der Waals surface area contributed by atoms with Crippen LogP contribution in [0.3, 0.4) is 0 Å². The molecule has 2 fully saturated rings. The fourth-order valence-corrected chi connectivity index (χ4v) is 4.17. The first kappa shape index (κ1) is 20.0. The Bertz CT molecular complexity index is 985. The van der Waals surface area contributed by atoms with Crippen LogP contribution in [0.2, 0.25) is 0 Å². The summed E-state index contributed by atoms with van der Waals surface area (Å²) in [4.78, 5) is 43.9. The van der Waals surface area contributed by atoms with Gasteiger partial charge in [-0.1, -0.05) is 47.8 Å². The van der Waals surface area contributed by atoms with Crippen LogP contribution in [0.1, 0.15) is 54.1 Å². The summed E-state index contributed by atoms with van der Waals surface area (Å²) in [5.74, 6) is -1.04. The van der Waals surface area contributed by atoms with E-state index >= 15 is 0 Å². The molecule has 2 aliphatic rings. The fraction of sp³-hybridized carbons (Fsp3) is 0.333. The summed E-state index contributed by atoms with van der Waals surface area (Å²) < 4.78 is 0. The first-order valence-corrected chi connectivity index (χ1v) is 10.3. The van der Waals surface area contributed by atoms with Gasteiger partial charge < -0.3 is 4.84 Å². The maximum Gasteiger partial charge on any atom is 0.365 e. The molecule has 2 unspecified atom stereocenters. The quantitative estimate of drug-likeness (QED) is 0.330. The zero-order valence-corrected chi connectivity index (χ0v) is 17.1. The van der Waals surface area contributed by atoms with Gasteiger partial charge in [-0.25, -0.2) is 4.79 Å². The highest BCUT2D eigenvalue weighted by Crippen LogP contribution is 2.40. The largest absolute Gasteiger partial charge is 0.365 e. The van der Waals surface area contributed by atoms with Gasteiger partial charge in [-0.2, -0.15) is 0 Å². The Morgan fingerprint density at radius 2 is 1.43 bits per heavy atom. The van der Waals surface area contributed by atoms with E-state index in [1.807, 2.05) is 19.1 Å². The first-order chi connectivity index (χ1) is 14.5. The van der Waals surface area contributed by atoms with Crippen molar-refractivity contribution in [2.24, 2.45) is 17.0 Å². The molecule has 2 aromatic rings. The van der Waals surface area contributed by atoms with Crippen LogP contribution >= 0.6 is 0 Å². The lowest BCUT2D eigenvalue weighted by Crippen LogP contribution is -2.30. The third-order valence-electron chi connectivity index (χ3n) is 5.94. The maximum atomic E-state index is 12.7. The van der Waals surface area contributed by atoms with Crippen molar-refractivity contribution < 1.29 is 19.2 Å². The molecule has 0 radical (unpaired) electrons. The van der Waals surface area contributed by atoms with E-state index in [0.29, 0.717) is 17.0 Å². The van der Waals surface area contributed by atoms with Crippen LogP contribution < -0.4 is 4.90 Å². The highest BCUT2D eigenvalue weighted by molar-refractivity contribution is 6.22. The van der Waals surface area contributed by atoms with E-state index in [1.165, 1.54) is 4.90 Å². The number of nitrogens with zero attached hydrogens (tertiary/aromatic N) is 2. The lowest BCUT2D eigenvalue weighted by molar-refractivity contribution is -0.122. The number of carbonyl (C=O) groups is 3. The molecule has 30 heavy (non-hydrogen) atoms. The van der Waals surface area contributed by atoms with Crippen molar-refractivity contribution in [1.82, 2.24) is 0 Å². The molecular weight excluding hydrogens is 380 g/mol. The Morgan fingerprint density at radius 3 is 2.00 bits per heavy atom. The van der Waals surface area contributed by atoms with Crippen LogP contribution in [0.4, 0.5) is 5.69 Å². The Morgan fingerprint density at radius 1 is 0.900 bits per heavy atom. The van der Waals surface area contributed by atoms with Crippen LogP contribution in [-0.2, 0) is 14.4 Å². The molecule has 1 saturated carbocycles. The van der Waals surface area contributed by atoms with Crippen molar-refractivity contribution in [3.8, 4) is 0 Å². The highest BCUT2D eigenvalue weighted by Gasteiger charge is 2.48. The van der Waals surface area contributed by atoms with Gasteiger partial charge in [-0.3, -0.25) is 14.5 Å². The Labute approximate surface area is 175 Å². The molecule has 1 aliphatic heterocycles. The van der Waals surface area contributed by atoms with Gasteiger partial charge in [0.2, 0.25) is 11.8 Å². The van der Waals surface area contributed by atoms with E-state index in [1.54, 1.807) is 43.3 Å². The molecule has 2 atom stereocenters. The van der Waals surface area contributed by atoms with Gasteiger partial charge in [0.15, 0.2) is 0 Å². The Hall–Kier alpha value is -3.28. The number of imide groups is 1. The van der Waals surface area contributed by atoms with Crippen molar-refractivity contribution >= 4 is 29.2 Å². The molecule has 0 aromatic heterocycles. The molecule has 154 valence electrons. The summed E-state index contributed by atoms with van der Waals surface area (Å²) in [6.07, 6.45) is 3.59. The minimum Gasteiger partial charge on any atom is -0.313 e. The molecule has 1 aliphatic carbocycles. The third kappa shape index (κ3) is 3.77. The average Bonchev–Trinajstić information content (AvgIpc) is 3.03. The second-order valence-electron chi connectivity index (χ2n) is 7.98. The Balaban J connectivity index is 1.46. The first-order valence-electron chi connectivity index (χ1n) is 10.3. The zero-order valence-electron chi connectivity index (χ0n) is 17.1. The molecule has 6 heteroatoms. The van der Waals surface area contributed by atoms with E-state index in [0.717, 1.165) is 36.8 Å². The SMILES string of the molecule is C/C(=N/OC(=O)c1ccc(C)cc1)c1ccc(N2C(=O)C3CCCCC3C2=O)cc1. The summed E-state index contributed by atoms with van der Waals surface area (Å²) in [5, 5.41) is 3.93. The molecule has 0 spiro atoms. The number of carbonyl (C=O) groups excluding carboxylic acids is 3. The topological polar surface area (TPSA) is 76.0 Å². The van der Waals surface area contributed by atoms with Gasteiger partial charge in [0.05, 0.1) is 28.8 Å². The standard InChI is InChI=1S/C24H24N2O4/c1-15-7-9-18(10-8-15)24(29)30-25-16(2)17-11-13-19(14-12-17)26-22(27)20-5-3-4-6-21(20)23(26)28/h7-14,20-21H,3-6H2,1-2H3/b25-16-. The number of oxime groups is 1. The number of fused-ring (bicyclic) bond motifs is 1. The molecule has 0 N–H and O–H groups in total. The predicted molar refractivity (Wildman–Crippen MR) is 113 cm³/mol. The number of rotatable bonds is 4. The van der Waals surface area contributed by atoms with Gasteiger partial charge in [0.1, 0.15) is 0 Å². The van der Waals surface area contributed by atoms with Crippen molar-refractivity contribution in [1.29, 1.82) is 0 Å². The summed E-state index contributed by atoms with van der Waals surface area (Å²) in [6.45, 7) is 3.68. The number of aryl methyl sites for hydroxylation is 1. The van der Waals surface area contributed by atoms with Crippen LogP contribution in [0, 0.1) is 18.8 Å². The minimum absolute atomic E-state index is 0.0881. The second kappa shape index (κ2) is 8.22. The summed E-state index contributed by atoms with van der Waals surface area (Å²) in [6, 6.07) is 14.1. The van der Waals surface area contributed by atoms with Crippen molar-refractivity contribution in [3.63, 3.8) is 0 Å². The van der Waals surface area contributed by atoms with Crippen LogP contribution in [-0.4, -0.2) is 23.5 Å². The second-order valence-corrected chi connectivity index (χ2v) is 7.98. The third-order valence-corrected chi connectivity index (χ3v) is 5.94. The van der Waals surface area contributed by atoms with E-state index < -0.39 is 5.97 Å². The number of benzene rings is 2. The number of anilines is 1. The molecule has 1 heterocycles. The maximum absolute atomic E-state index is 12.7. The lowest BCUT2D eigenvalue weighted by Gasteiger charge is -2.19. The fourth-order valence-electron chi connectivity index (χ4n) is 4.17. The Kier molecular flexibility index (Phi) is 5.48. The lowest BCUT2D eigenvalue weighted by atomic mass is 9.81. The van der Waals surface area contributed by atoms with E-state index in [2.05, 4.69) is 5.16 Å². The molecule has 0 bridgehead atoms. The predicted octanol–water partition coefficient (Wildman–Crippen LogP) is 4.26. The number of amides is 2. The van der Waals surface area contributed by atoms with Crippen molar-refractivity contribution in [3.05, 3.63) is 65.2 Å². The molecular formula is C24H24N2O4. The molecule has 1 saturated heterocycles. The molecule has 2 amide bonds. The monoisotopic (exact) mass is 404 g/mol. The minimum atomic E-state index is -0.526. The van der Waals surface area contributed by atoms with Crippen LogP contribution in [0.5, 0.6) is 0 Å². The average molecular weight is 404 g/mol. The number of hydrogen-bond acceptors (Lipinski definition) is 5. The summed E-state index contributed by atoms with van der Waals surface area (Å²) >= 11 is 0. The van der Waals surface area contributed by atoms with E-state index in [4.69, 9.17) is 4.84 Å². The summed E-state index contributed by atoms with van der Waals surface area (Å²) in [5.41, 5.74) is 3.33. The van der Waals surface area contributed by atoms with Crippen molar-refractivity contribution in [2.75, 3.05) is 4.90 Å². The summed E-state index contributed by atoms with van der Waals surface area (Å²) in [7, 11) is 0. The van der Waals surface area contributed by atoms with E-state index in [-0.39, 0.29) is 23.7 Å². The van der Waals surface area contributed by atoms with Gasteiger partial charge >= 0.3 is 5.97 Å². The molecule has 6 nitrogen and oxygen atoms in total. The van der Waals surface area contributed by atoms with Gasteiger partial charge in [-0.15, -0.1) is 0 Å². The number of hydrogen-bond donors (Lipinski definition) is 0. The smallest absolute Gasteiger partial charge is 0.313 e. The molecule has 2 aromatic carbocycles. The van der Waals surface area contributed by atoms with E-state index in [9.17, 15) is 14.4 Å². The van der Waals surface area contributed by atoms with Crippen molar-refractivity contribution in [2.45, 2.75) is 39.5 Å². The highest BCUT2D eigenvalue weighted by atomic mass is 16.7. The van der Waals surface area contributed by atoms with Gasteiger partial charge in [-0.05, 0) is 56.5 Å². The van der Waals surface area contributed by atoms with Gasteiger partial charge in [0, 0.05) is 0 Å².